The van der Waals surface area contributed by atoms with Crippen LogP contribution in [0, 0.1) is 0 Å². The lowest BCUT2D eigenvalue weighted by Gasteiger charge is -2.27. The van der Waals surface area contributed by atoms with Gasteiger partial charge in [0.15, 0.2) is 0 Å². The highest BCUT2D eigenvalue weighted by molar-refractivity contribution is 7.94. The van der Waals surface area contributed by atoms with Crippen LogP contribution in [-0.4, -0.2) is 36.6 Å². The van der Waals surface area contributed by atoms with Gasteiger partial charge in [0.25, 0.3) is 20.1 Å². The van der Waals surface area contributed by atoms with Gasteiger partial charge in [-0.2, -0.15) is 8.42 Å². The lowest BCUT2D eigenvalue weighted by molar-refractivity contribution is 0.112. The summed E-state index contributed by atoms with van der Waals surface area (Å²) in [5, 5.41) is 0. The zero-order valence-corrected chi connectivity index (χ0v) is 20.2. The van der Waals surface area contributed by atoms with Gasteiger partial charge in [-0.25, -0.2) is 8.42 Å². The maximum atomic E-state index is 12.9. The number of benzene rings is 2. The molecular weight excluding hydrogens is 494 g/mol. The van der Waals surface area contributed by atoms with Crippen molar-refractivity contribution >= 4 is 48.8 Å². The van der Waals surface area contributed by atoms with Crippen molar-refractivity contribution in [2.75, 3.05) is 18.0 Å². The SMILES string of the molecule is CN(c1ccc2c(c1)OC(COS(=O)(=O)c1ccccc1)CC2)S(=O)(=O)c1ccc(Cl)s1. The van der Waals surface area contributed by atoms with Crippen molar-refractivity contribution in [3.05, 3.63) is 70.6 Å². The van der Waals surface area contributed by atoms with Crippen LogP contribution in [0.1, 0.15) is 12.0 Å². The molecule has 0 fully saturated rings. The number of hydrogen-bond acceptors (Lipinski definition) is 7. The fraction of sp³-hybridized carbons (Fsp3) is 0.238. The minimum absolute atomic E-state index is 0.0824. The van der Waals surface area contributed by atoms with Crippen molar-refractivity contribution in [2.45, 2.75) is 28.1 Å². The molecule has 4 rings (SSSR count). The van der Waals surface area contributed by atoms with Gasteiger partial charge in [-0.15, -0.1) is 11.3 Å². The van der Waals surface area contributed by atoms with Gasteiger partial charge < -0.3 is 4.74 Å². The van der Waals surface area contributed by atoms with E-state index in [9.17, 15) is 16.8 Å². The molecule has 0 spiro atoms. The third-order valence-corrected chi connectivity index (χ3v) is 9.83. The molecule has 0 radical (unpaired) electrons. The highest BCUT2D eigenvalue weighted by Gasteiger charge is 2.27. The highest BCUT2D eigenvalue weighted by Crippen LogP contribution is 2.35. The Kier molecular flexibility index (Phi) is 6.51. The standard InChI is InChI=1S/C21H20ClNO6S3/c1-23(31(24,25)21-12-11-20(22)30-21)16-9-7-15-8-10-17(29-19(15)13-16)14-28-32(26,27)18-5-3-2-4-6-18/h2-7,9,11-13,17H,8,10,14H2,1H3. The number of aryl methyl sites for hydroxylation is 1. The molecule has 7 nitrogen and oxygen atoms in total. The first kappa shape index (κ1) is 23.1. The summed E-state index contributed by atoms with van der Waals surface area (Å²) in [6.45, 7) is -0.136. The Morgan fingerprint density at radius 2 is 1.84 bits per heavy atom. The number of hydrogen-bond donors (Lipinski definition) is 0. The second kappa shape index (κ2) is 9.03. The third kappa shape index (κ3) is 4.79. The number of fused-ring (bicyclic) bond motifs is 1. The van der Waals surface area contributed by atoms with E-state index in [-0.39, 0.29) is 15.7 Å². The first-order chi connectivity index (χ1) is 15.2. The van der Waals surface area contributed by atoms with Gasteiger partial charge in [0.1, 0.15) is 22.7 Å². The number of thiophene rings is 1. The summed E-state index contributed by atoms with van der Waals surface area (Å²) in [4.78, 5) is 0.0824. The van der Waals surface area contributed by atoms with Crippen LogP contribution >= 0.6 is 22.9 Å². The fourth-order valence-electron chi connectivity index (χ4n) is 3.26. The van der Waals surface area contributed by atoms with E-state index < -0.39 is 26.2 Å². The van der Waals surface area contributed by atoms with E-state index in [0.717, 1.165) is 16.9 Å². The minimum Gasteiger partial charge on any atom is -0.488 e. The van der Waals surface area contributed by atoms with Crippen LogP contribution in [0.3, 0.4) is 0 Å². The lowest BCUT2D eigenvalue weighted by atomic mass is 10.0. The van der Waals surface area contributed by atoms with Gasteiger partial charge in [0, 0.05) is 13.1 Å². The molecule has 2 aromatic carbocycles. The molecule has 1 aliphatic rings. The van der Waals surface area contributed by atoms with Crippen molar-refractivity contribution in [1.82, 2.24) is 0 Å². The molecular formula is C21H20ClNO6S3. The van der Waals surface area contributed by atoms with E-state index in [1.165, 1.54) is 35.6 Å². The number of nitrogens with zero attached hydrogens (tertiary/aromatic N) is 1. The van der Waals surface area contributed by atoms with Crippen LogP contribution in [-0.2, 0) is 30.7 Å². The molecule has 1 unspecified atom stereocenters. The van der Waals surface area contributed by atoms with Crippen LogP contribution < -0.4 is 9.04 Å². The van der Waals surface area contributed by atoms with E-state index >= 15 is 0 Å². The van der Waals surface area contributed by atoms with Crippen LogP contribution in [0.25, 0.3) is 0 Å². The predicted octanol–water partition coefficient (Wildman–Crippen LogP) is 4.33. The summed E-state index contributed by atoms with van der Waals surface area (Å²) in [6.07, 6.45) is 0.763. The molecule has 1 aliphatic heterocycles. The van der Waals surface area contributed by atoms with Crippen LogP contribution in [0.5, 0.6) is 5.75 Å². The van der Waals surface area contributed by atoms with Crippen molar-refractivity contribution in [3.8, 4) is 5.75 Å². The van der Waals surface area contributed by atoms with E-state index in [2.05, 4.69) is 0 Å². The Bertz CT molecular complexity index is 1320. The normalized spacial score (nSPS) is 16.2. The number of sulfonamides is 1. The molecule has 3 aromatic rings. The molecule has 2 heterocycles. The van der Waals surface area contributed by atoms with Gasteiger partial charge in [-0.3, -0.25) is 8.49 Å². The quantitative estimate of drug-likeness (QED) is 0.437. The Morgan fingerprint density at radius 3 is 2.53 bits per heavy atom. The fourth-order valence-corrected chi connectivity index (χ4v) is 7.06. The summed E-state index contributed by atoms with van der Waals surface area (Å²) in [5.41, 5.74) is 1.34. The second-order valence-electron chi connectivity index (χ2n) is 7.15. The van der Waals surface area contributed by atoms with Crippen molar-refractivity contribution in [1.29, 1.82) is 0 Å². The molecule has 32 heavy (non-hydrogen) atoms. The third-order valence-electron chi connectivity index (χ3n) is 5.05. The number of halogens is 1. The number of anilines is 1. The molecule has 1 aromatic heterocycles. The average molecular weight is 514 g/mol. The Labute approximate surface area is 196 Å². The van der Waals surface area contributed by atoms with E-state index in [4.69, 9.17) is 20.5 Å². The topological polar surface area (TPSA) is 90.0 Å². The number of ether oxygens (including phenoxy) is 1. The van der Waals surface area contributed by atoms with Crippen molar-refractivity contribution in [2.24, 2.45) is 0 Å². The highest BCUT2D eigenvalue weighted by atomic mass is 35.5. The molecule has 0 N–H and O–H groups in total. The van der Waals surface area contributed by atoms with Gasteiger partial charge in [0.05, 0.1) is 14.9 Å². The first-order valence-corrected chi connectivity index (χ1v) is 13.7. The summed E-state index contributed by atoms with van der Waals surface area (Å²) < 4.78 is 63.3. The summed E-state index contributed by atoms with van der Waals surface area (Å²) >= 11 is 6.87. The van der Waals surface area contributed by atoms with Crippen LogP contribution in [0.4, 0.5) is 5.69 Å². The molecule has 170 valence electrons. The summed E-state index contributed by atoms with van der Waals surface area (Å²) in [7, 11) is -6.19. The molecule has 0 bridgehead atoms. The Balaban J connectivity index is 1.48. The Morgan fingerprint density at radius 1 is 1.09 bits per heavy atom. The van der Waals surface area contributed by atoms with Crippen LogP contribution in [0.2, 0.25) is 4.34 Å². The molecule has 1 atom stereocenters. The second-order valence-corrected chi connectivity index (χ2v) is 12.7. The summed E-state index contributed by atoms with van der Waals surface area (Å²) in [5.74, 6) is 0.505. The number of rotatable bonds is 7. The average Bonchev–Trinajstić information content (AvgIpc) is 3.24. The zero-order chi connectivity index (χ0) is 22.9. The van der Waals surface area contributed by atoms with Crippen molar-refractivity contribution < 1.29 is 25.8 Å². The van der Waals surface area contributed by atoms with E-state index in [1.807, 2.05) is 6.07 Å². The monoisotopic (exact) mass is 513 g/mol. The molecule has 0 saturated carbocycles. The molecule has 0 aliphatic carbocycles. The van der Waals surface area contributed by atoms with E-state index in [0.29, 0.717) is 28.6 Å². The zero-order valence-electron chi connectivity index (χ0n) is 17.0. The van der Waals surface area contributed by atoms with E-state index in [1.54, 1.807) is 30.3 Å². The molecule has 11 heteroatoms. The molecule has 0 saturated heterocycles. The maximum absolute atomic E-state index is 12.9. The summed E-state index contributed by atoms with van der Waals surface area (Å²) in [6, 6.07) is 16.1. The smallest absolute Gasteiger partial charge is 0.297 e. The maximum Gasteiger partial charge on any atom is 0.297 e. The van der Waals surface area contributed by atoms with Gasteiger partial charge >= 0.3 is 0 Å². The van der Waals surface area contributed by atoms with Gasteiger partial charge in [0.2, 0.25) is 0 Å². The Hall–Kier alpha value is -2.11. The molecule has 0 amide bonds. The van der Waals surface area contributed by atoms with Gasteiger partial charge in [-0.05, 0) is 48.7 Å². The minimum atomic E-state index is -3.88. The lowest BCUT2D eigenvalue weighted by Crippen LogP contribution is -2.30. The van der Waals surface area contributed by atoms with Gasteiger partial charge in [-0.1, -0.05) is 35.9 Å². The largest absolute Gasteiger partial charge is 0.488 e. The van der Waals surface area contributed by atoms with Crippen LogP contribution in [0.15, 0.2) is 69.8 Å². The first-order valence-electron chi connectivity index (χ1n) is 9.65. The predicted molar refractivity (Wildman–Crippen MR) is 124 cm³/mol. The van der Waals surface area contributed by atoms with Crippen molar-refractivity contribution in [3.63, 3.8) is 0 Å².